The van der Waals surface area contributed by atoms with E-state index < -0.39 is 15.6 Å². The van der Waals surface area contributed by atoms with Gasteiger partial charge in [-0.25, -0.2) is 13.1 Å². The van der Waals surface area contributed by atoms with Crippen LogP contribution in [0.2, 0.25) is 0 Å². The molecule has 0 aliphatic heterocycles. The summed E-state index contributed by atoms with van der Waals surface area (Å²) in [5, 5.41) is 8.98. The molecule has 0 heterocycles. The number of ether oxygens (including phenoxy) is 1. The van der Waals surface area contributed by atoms with Crippen LogP contribution in [0.1, 0.15) is 46.5 Å². The van der Waals surface area contributed by atoms with Crippen LogP contribution in [-0.4, -0.2) is 32.3 Å². The van der Waals surface area contributed by atoms with E-state index in [2.05, 4.69) is 11.6 Å². The monoisotopic (exact) mass is 329 g/mol. The fourth-order valence-electron chi connectivity index (χ4n) is 1.99. The highest BCUT2D eigenvalue weighted by Gasteiger charge is 2.19. The highest BCUT2D eigenvalue weighted by atomic mass is 32.2. The largest absolute Gasteiger partial charge is 0.488 e. The normalized spacial score (nSPS) is 12.4. The van der Waals surface area contributed by atoms with E-state index in [4.69, 9.17) is 9.84 Å². The zero-order valence-corrected chi connectivity index (χ0v) is 14.4. The molecule has 0 saturated carbocycles. The number of nitrogens with one attached hydrogen (secondary N) is 1. The molecular formula is C16H27NO4S. The quantitative estimate of drug-likeness (QED) is 0.647. The molecule has 1 aromatic rings. The van der Waals surface area contributed by atoms with Crippen molar-refractivity contribution in [3.05, 3.63) is 24.3 Å². The molecular weight excluding hydrogens is 302 g/mol. The molecule has 0 saturated heterocycles. The first-order valence-electron chi connectivity index (χ1n) is 7.70. The minimum absolute atomic E-state index is 0.0428. The van der Waals surface area contributed by atoms with E-state index in [1.165, 1.54) is 12.1 Å². The van der Waals surface area contributed by atoms with Gasteiger partial charge < -0.3 is 9.84 Å². The summed E-state index contributed by atoms with van der Waals surface area (Å²) in [7, 11) is -3.46. The SMILES string of the molecule is CCCCCNS(=O)(=O)c1ccc(OC(C)(C)CCO)cc1. The number of aliphatic hydroxyl groups excluding tert-OH is 1. The molecule has 0 atom stereocenters. The van der Waals surface area contributed by atoms with Crippen LogP contribution in [-0.2, 0) is 10.0 Å². The molecule has 1 rings (SSSR count). The highest BCUT2D eigenvalue weighted by Crippen LogP contribution is 2.22. The van der Waals surface area contributed by atoms with Gasteiger partial charge in [0.15, 0.2) is 0 Å². The molecule has 0 unspecified atom stereocenters. The van der Waals surface area contributed by atoms with Crippen LogP contribution in [0.4, 0.5) is 0 Å². The van der Waals surface area contributed by atoms with Crippen molar-refractivity contribution < 1.29 is 18.3 Å². The Hall–Kier alpha value is -1.11. The van der Waals surface area contributed by atoms with Crippen LogP contribution in [0.25, 0.3) is 0 Å². The maximum atomic E-state index is 12.1. The molecule has 6 heteroatoms. The Balaban J connectivity index is 2.67. The highest BCUT2D eigenvalue weighted by molar-refractivity contribution is 7.89. The zero-order valence-electron chi connectivity index (χ0n) is 13.6. The maximum absolute atomic E-state index is 12.1. The van der Waals surface area contributed by atoms with Crippen LogP contribution in [0, 0.1) is 0 Å². The Morgan fingerprint density at radius 1 is 1.18 bits per heavy atom. The van der Waals surface area contributed by atoms with Crippen LogP contribution < -0.4 is 9.46 Å². The summed E-state index contributed by atoms with van der Waals surface area (Å²) in [5.74, 6) is 0.586. The van der Waals surface area contributed by atoms with Gasteiger partial charge in [0, 0.05) is 19.6 Å². The summed E-state index contributed by atoms with van der Waals surface area (Å²) < 4.78 is 32.6. The van der Waals surface area contributed by atoms with E-state index >= 15 is 0 Å². The number of hydrogen-bond acceptors (Lipinski definition) is 4. The predicted molar refractivity (Wildman–Crippen MR) is 87.6 cm³/mol. The molecule has 0 radical (unpaired) electrons. The summed E-state index contributed by atoms with van der Waals surface area (Å²) in [6, 6.07) is 6.35. The second-order valence-corrected chi connectivity index (χ2v) is 7.68. The van der Waals surface area contributed by atoms with E-state index in [-0.39, 0.29) is 11.5 Å². The second-order valence-electron chi connectivity index (χ2n) is 5.91. The third kappa shape index (κ3) is 6.34. The van der Waals surface area contributed by atoms with Gasteiger partial charge in [0.25, 0.3) is 0 Å². The van der Waals surface area contributed by atoms with E-state index in [9.17, 15) is 8.42 Å². The van der Waals surface area contributed by atoms with Crippen molar-refractivity contribution >= 4 is 10.0 Å². The minimum Gasteiger partial charge on any atom is -0.488 e. The molecule has 0 fully saturated rings. The minimum atomic E-state index is -3.46. The van der Waals surface area contributed by atoms with Gasteiger partial charge in [0.2, 0.25) is 10.0 Å². The van der Waals surface area contributed by atoms with Gasteiger partial charge in [-0.1, -0.05) is 19.8 Å². The average Bonchev–Trinajstić information content (AvgIpc) is 2.43. The van der Waals surface area contributed by atoms with Gasteiger partial charge in [-0.2, -0.15) is 0 Å². The van der Waals surface area contributed by atoms with E-state index in [1.807, 2.05) is 13.8 Å². The van der Waals surface area contributed by atoms with E-state index in [0.29, 0.717) is 18.7 Å². The lowest BCUT2D eigenvalue weighted by Gasteiger charge is -2.25. The van der Waals surface area contributed by atoms with Crippen molar-refractivity contribution in [1.29, 1.82) is 0 Å². The molecule has 0 aromatic heterocycles. The van der Waals surface area contributed by atoms with Crippen molar-refractivity contribution in [2.75, 3.05) is 13.2 Å². The van der Waals surface area contributed by atoms with Gasteiger partial charge in [-0.05, 0) is 44.5 Å². The first-order valence-corrected chi connectivity index (χ1v) is 9.18. The van der Waals surface area contributed by atoms with Crippen molar-refractivity contribution in [2.45, 2.75) is 57.0 Å². The van der Waals surface area contributed by atoms with Gasteiger partial charge in [0.1, 0.15) is 11.4 Å². The molecule has 2 N–H and O–H groups in total. The fraction of sp³-hybridized carbons (Fsp3) is 0.625. The zero-order chi connectivity index (χ0) is 16.6. The lowest BCUT2D eigenvalue weighted by Crippen LogP contribution is -2.29. The van der Waals surface area contributed by atoms with E-state index in [0.717, 1.165) is 19.3 Å². The number of hydrogen-bond donors (Lipinski definition) is 2. The number of aliphatic hydroxyl groups is 1. The van der Waals surface area contributed by atoms with Crippen LogP contribution in [0.15, 0.2) is 29.2 Å². The van der Waals surface area contributed by atoms with Gasteiger partial charge in [-0.3, -0.25) is 0 Å². The van der Waals surface area contributed by atoms with Crippen molar-refractivity contribution in [3.63, 3.8) is 0 Å². The number of rotatable bonds is 10. The van der Waals surface area contributed by atoms with Crippen LogP contribution in [0.3, 0.4) is 0 Å². The molecule has 22 heavy (non-hydrogen) atoms. The Morgan fingerprint density at radius 2 is 1.82 bits per heavy atom. The molecule has 5 nitrogen and oxygen atoms in total. The van der Waals surface area contributed by atoms with Crippen LogP contribution in [0.5, 0.6) is 5.75 Å². The summed E-state index contributed by atoms with van der Waals surface area (Å²) in [5.41, 5.74) is -0.493. The summed E-state index contributed by atoms with van der Waals surface area (Å²) >= 11 is 0. The standard InChI is InChI=1S/C16H27NO4S/c1-4-5-6-12-17-22(19,20)15-9-7-14(8-10-15)21-16(2,3)11-13-18/h7-10,17-18H,4-6,11-13H2,1-3H3. The smallest absolute Gasteiger partial charge is 0.240 e. The third-order valence-corrected chi connectivity index (χ3v) is 4.79. The molecule has 0 spiro atoms. The maximum Gasteiger partial charge on any atom is 0.240 e. The van der Waals surface area contributed by atoms with Crippen molar-refractivity contribution in [2.24, 2.45) is 0 Å². The number of sulfonamides is 1. The lowest BCUT2D eigenvalue weighted by atomic mass is 10.1. The lowest BCUT2D eigenvalue weighted by molar-refractivity contribution is 0.0764. The summed E-state index contributed by atoms with van der Waals surface area (Å²) in [6.07, 6.45) is 3.41. The molecule has 1 aromatic carbocycles. The Kier molecular flexibility index (Phi) is 7.32. The first kappa shape index (κ1) is 18.9. The Labute approximate surface area is 133 Å². The number of benzene rings is 1. The van der Waals surface area contributed by atoms with Crippen LogP contribution >= 0.6 is 0 Å². The Bertz CT molecular complexity index is 538. The third-order valence-electron chi connectivity index (χ3n) is 3.31. The summed E-state index contributed by atoms with van der Waals surface area (Å²) in [4.78, 5) is 0.233. The molecule has 0 amide bonds. The Morgan fingerprint density at radius 3 is 2.36 bits per heavy atom. The topological polar surface area (TPSA) is 75.6 Å². The average molecular weight is 329 g/mol. The van der Waals surface area contributed by atoms with Gasteiger partial charge in [-0.15, -0.1) is 0 Å². The fourth-order valence-corrected chi connectivity index (χ4v) is 3.07. The van der Waals surface area contributed by atoms with Gasteiger partial charge in [0.05, 0.1) is 4.90 Å². The molecule has 0 bridgehead atoms. The first-order chi connectivity index (χ1) is 10.3. The predicted octanol–water partition coefficient (Wildman–Crippen LogP) is 2.69. The number of unbranched alkanes of at least 4 members (excludes halogenated alkanes) is 2. The van der Waals surface area contributed by atoms with Crippen molar-refractivity contribution in [3.8, 4) is 5.75 Å². The summed E-state index contributed by atoms with van der Waals surface area (Å²) in [6.45, 7) is 6.33. The molecule has 0 aliphatic carbocycles. The second kappa shape index (κ2) is 8.50. The molecule has 0 aliphatic rings. The van der Waals surface area contributed by atoms with E-state index in [1.54, 1.807) is 12.1 Å². The van der Waals surface area contributed by atoms with Gasteiger partial charge >= 0.3 is 0 Å². The molecule has 126 valence electrons. The van der Waals surface area contributed by atoms with Crippen molar-refractivity contribution in [1.82, 2.24) is 4.72 Å².